The van der Waals surface area contributed by atoms with Crippen LogP contribution in [-0.4, -0.2) is 65.0 Å². The molecule has 0 aliphatic carbocycles. The minimum absolute atomic E-state index is 0.0386. The summed E-state index contributed by atoms with van der Waals surface area (Å²) in [6.07, 6.45) is 0.677. The fourth-order valence-electron chi connectivity index (χ4n) is 3.04. The first-order valence-electron chi connectivity index (χ1n) is 10.00. The number of methoxy groups -OCH3 is 1. The molecule has 180 valence electrons. The van der Waals surface area contributed by atoms with Crippen molar-refractivity contribution in [3.05, 3.63) is 57.1 Å². The van der Waals surface area contributed by atoms with Crippen LogP contribution in [-0.2, 0) is 14.8 Å². The molecule has 1 amide bonds. The topological polar surface area (TPSA) is 122 Å². The molecule has 0 aliphatic heterocycles. The first-order valence-corrected chi connectivity index (χ1v) is 11.8. The fourth-order valence-corrected chi connectivity index (χ4v) is 4.65. The van der Waals surface area contributed by atoms with E-state index in [9.17, 15) is 23.3 Å². The van der Waals surface area contributed by atoms with Crippen LogP contribution in [0.1, 0.15) is 12.0 Å². The molecule has 0 aromatic heterocycles. The van der Waals surface area contributed by atoms with Crippen molar-refractivity contribution in [2.45, 2.75) is 18.2 Å². The zero-order chi connectivity index (χ0) is 24.8. The van der Waals surface area contributed by atoms with Gasteiger partial charge in [0.25, 0.3) is 15.7 Å². The predicted molar refractivity (Wildman–Crippen MR) is 127 cm³/mol. The summed E-state index contributed by atoms with van der Waals surface area (Å²) in [5.41, 5.74) is 0.00311. The molecule has 2 rings (SSSR count). The van der Waals surface area contributed by atoms with Crippen LogP contribution in [0.25, 0.3) is 0 Å². The standard InChI is InChI=1S/C21H27ClN4O6S/c1-15-6-8-17(13-18(15)26(28)29)33(30,31)25(14-21(27)23-10-5-11-24(2)3)19-12-16(22)7-9-20(19)32-4/h6-9,12-13H,5,10-11,14H2,1-4H3,(H,23,27). The van der Waals surface area contributed by atoms with E-state index in [1.54, 1.807) is 0 Å². The van der Waals surface area contributed by atoms with E-state index in [2.05, 4.69) is 5.32 Å². The summed E-state index contributed by atoms with van der Waals surface area (Å²) in [5, 5.41) is 14.3. The van der Waals surface area contributed by atoms with Crippen LogP contribution >= 0.6 is 11.6 Å². The molecule has 0 aliphatic rings. The summed E-state index contributed by atoms with van der Waals surface area (Å²) in [6, 6.07) is 7.94. The summed E-state index contributed by atoms with van der Waals surface area (Å²) in [7, 11) is 0.773. The molecule has 10 nitrogen and oxygen atoms in total. The quantitative estimate of drug-likeness (QED) is 0.287. The Bertz CT molecular complexity index is 1120. The number of anilines is 1. The van der Waals surface area contributed by atoms with Crippen molar-refractivity contribution in [1.29, 1.82) is 0 Å². The Morgan fingerprint density at radius 3 is 2.52 bits per heavy atom. The van der Waals surface area contributed by atoms with Crippen LogP contribution in [0.4, 0.5) is 11.4 Å². The van der Waals surface area contributed by atoms with E-state index in [0.29, 0.717) is 18.5 Å². The molecule has 0 unspecified atom stereocenters. The molecule has 0 saturated heterocycles. The minimum Gasteiger partial charge on any atom is -0.495 e. The van der Waals surface area contributed by atoms with Gasteiger partial charge in [-0.05, 0) is 58.3 Å². The summed E-state index contributed by atoms with van der Waals surface area (Å²) in [4.78, 5) is 25.0. The maximum absolute atomic E-state index is 13.6. The molecular weight excluding hydrogens is 472 g/mol. The van der Waals surface area contributed by atoms with Crippen molar-refractivity contribution >= 4 is 38.9 Å². The number of nitrogens with one attached hydrogen (secondary N) is 1. The van der Waals surface area contributed by atoms with E-state index in [0.717, 1.165) is 16.9 Å². The van der Waals surface area contributed by atoms with Crippen LogP contribution in [0.2, 0.25) is 5.02 Å². The van der Waals surface area contributed by atoms with Gasteiger partial charge in [0.05, 0.1) is 22.6 Å². The molecule has 2 aromatic carbocycles. The number of benzene rings is 2. The lowest BCUT2D eigenvalue weighted by Gasteiger charge is -2.26. The first kappa shape index (κ1) is 26.4. The van der Waals surface area contributed by atoms with E-state index < -0.39 is 27.4 Å². The third-order valence-electron chi connectivity index (χ3n) is 4.77. The molecular formula is C21H27ClN4O6S. The van der Waals surface area contributed by atoms with Gasteiger partial charge in [0, 0.05) is 23.2 Å². The van der Waals surface area contributed by atoms with Crippen LogP contribution in [0.5, 0.6) is 5.75 Å². The third kappa shape index (κ3) is 6.80. The maximum atomic E-state index is 13.6. The molecule has 0 spiro atoms. The smallest absolute Gasteiger partial charge is 0.273 e. The van der Waals surface area contributed by atoms with Crippen molar-refractivity contribution in [1.82, 2.24) is 10.2 Å². The number of halogens is 1. The Morgan fingerprint density at radius 2 is 1.91 bits per heavy atom. The lowest BCUT2D eigenvalue weighted by molar-refractivity contribution is -0.385. The second-order valence-corrected chi connectivity index (χ2v) is 9.84. The third-order valence-corrected chi connectivity index (χ3v) is 6.76. The van der Waals surface area contributed by atoms with Crippen LogP contribution in [0, 0.1) is 17.0 Å². The SMILES string of the molecule is COc1ccc(Cl)cc1N(CC(=O)NCCCN(C)C)S(=O)(=O)c1ccc(C)c([N+](=O)[O-])c1. The van der Waals surface area contributed by atoms with Gasteiger partial charge in [0.15, 0.2) is 0 Å². The average Bonchev–Trinajstić information content (AvgIpc) is 2.74. The molecule has 0 radical (unpaired) electrons. The number of amides is 1. The second-order valence-electron chi connectivity index (χ2n) is 7.54. The Kier molecular flexibility index (Phi) is 9.03. The molecule has 1 N–H and O–H groups in total. The summed E-state index contributed by atoms with van der Waals surface area (Å²) >= 11 is 6.10. The monoisotopic (exact) mass is 498 g/mol. The van der Waals surface area contributed by atoms with Crippen molar-refractivity contribution in [2.24, 2.45) is 0 Å². The highest BCUT2D eigenvalue weighted by Crippen LogP contribution is 2.35. The van der Waals surface area contributed by atoms with Gasteiger partial charge >= 0.3 is 0 Å². The molecule has 0 saturated carbocycles. The number of hydrogen-bond donors (Lipinski definition) is 1. The number of sulfonamides is 1. The number of carbonyl (C=O) groups excluding carboxylic acids is 1. The van der Waals surface area contributed by atoms with E-state index in [-0.39, 0.29) is 27.0 Å². The summed E-state index contributed by atoms with van der Waals surface area (Å²) in [5.74, 6) is -0.369. The molecule has 12 heteroatoms. The number of carbonyl (C=O) groups is 1. The van der Waals surface area contributed by atoms with Gasteiger partial charge in [-0.1, -0.05) is 17.7 Å². The van der Waals surface area contributed by atoms with Gasteiger partial charge < -0.3 is 15.0 Å². The van der Waals surface area contributed by atoms with Crippen molar-refractivity contribution in [3.8, 4) is 5.75 Å². The predicted octanol–water partition coefficient (Wildman–Crippen LogP) is 2.83. The van der Waals surface area contributed by atoms with Gasteiger partial charge in [-0.15, -0.1) is 0 Å². The average molecular weight is 499 g/mol. The number of nitro groups is 1. The highest BCUT2D eigenvalue weighted by molar-refractivity contribution is 7.92. The number of aryl methyl sites for hydroxylation is 1. The highest BCUT2D eigenvalue weighted by atomic mass is 35.5. The molecule has 0 atom stereocenters. The molecule has 2 aromatic rings. The van der Waals surface area contributed by atoms with Crippen LogP contribution in [0.3, 0.4) is 0 Å². The molecule has 0 bridgehead atoms. The Morgan fingerprint density at radius 1 is 1.21 bits per heavy atom. The minimum atomic E-state index is -4.39. The Balaban J connectivity index is 2.49. The lowest BCUT2D eigenvalue weighted by atomic mass is 10.2. The molecule has 33 heavy (non-hydrogen) atoms. The zero-order valence-corrected chi connectivity index (χ0v) is 20.4. The van der Waals surface area contributed by atoms with Crippen molar-refractivity contribution in [2.75, 3.05) is 45.1 Å². The maximum Gasteiger partial charge on any atom is 0.273 e. The van der Waals surface area contributed by atoms with E-state index in [1.807, 2.05) is 19.0 Å². The van der Waals surface area contributed by atoms with Gasteiger partial charge in [0.1, 0.15) is 12.3 Å². The van der Waals surface area contributed by atoms with E-state index >= 15 is 0 Å². The van der Waals surface area contributed by atoms with Gasteiger partial charge in [-0.25, -0.2) is 8.42 Å². The number of nitro benzene ring substituents is 1. The van der Waals surface area contributed by atoms with E-state index in [1.165, 1.54) is 44.4 Å². The fraction of sp³-hybridized carbons (Fsp3) is 0.381. The van der Waals surface area contributed by atoms with Gasteiger partial charge in [-0.2, -0.15) is 0 Å². The first-order chi connectivity index (χ1) is 15.5. The highest BCUT2D eigenvalue weighted by Gasteiger charge is 2.31. The second kappa shape index (κ2) is 11.3. The van der Waals surface area contributed by atoms with Gasteiger partial charge in [-0.3, -0.25) is 19.2 Å². The van der Waals surface area contributed by atoms with Crippen LogP contribution in [0.15, 0.2) is 41.3 Å². The Labute approximate surface area is 198 Å². The lowest BCUT2D eigenvalue weighted by Crippen LogP contribution is -2.41. The zero-order valence-electron chi connectivity index (χ0n) is 18.9. The normalized spacial score (nSPS) is 11.3. The van der Waals surface area contributed by atoms with Gasteiger partial charge in [0.2, 0.25) is 5.91 Å². The Hall–Kier alpha value is -2.89. The van der Waals surface area contributed by atoms with Crippen molar-refractivity contribution < 1.29 is 22.9 Å². The number of ether oxygens (including phenoxy) is 1. The number of hydrogen-bond acceptors (Lipinski definition) is 7. The molecule has 0 fully saturated rings. The number of rotatable bonds is 11. The largest absolute Gasteiger partial charge is 0.495 e. The summed E-state index contributed by atoms with van der Waals surface area (Å²) < 4.78 is 33.3. The van der Waals surface area contributed by atoms with Crippen molar-refractivity contribution in [3.63, 3.8) is 0 Å². The van der Waals surface area contributed by atoms with Crippen LogP contribution < -0.4 is 14.4 Å². The summed E-state index contributed by atoms with van der Waals surface area (Å²) in [6.45, 7) is 2.04. The molecule has 0 heterocycles. The number of nitrogens with zero attached hydrogens (tertiary/aromatic N) is 3. The van der Waals surface area contributed by atoms with E-state index in [4.69, 9.17) is 16.3 Å².